The summed E-state index contributed by atoms with van der Waals surface area (Å²) in [6.45, 7) is 1.88. The van der Waals surface area contributed by atoms with Crippen LogP contribution in [0.4, 0.5) is 16.2 Å². The van der Waals surface area contributed by atoms with Crippen LogP contribution in [0.1, 0.15) is 5.56 Å². The van der Waals surface area contributed by atoms with Crippen LogP contribution in [0.3, 0.4) is 0 Å². The Labute approximate surface area is 138 Å². The minimum absolute atomic E-state index is 0.278. The van der Waals surface area contributed by atoms with E-state index in [1.807, 2.05) is 43.3 Å². The first-order valence-electron chi connectivity index (χ1n) is 7.11. The summed E-state index contributed by atoms with van der Waals surface area (Å²) >= 11 is 0.970. The van der Waals surface area contributed by atoms with Gasteiger partial charge in [-0.05, 0) is 42.4 Å². The van der Waals surface area contributed by atoms with Crippen molar-refractivity contribution in [3.8, 4) is 5.75 Å². The van der Waals surface area contributed by atoms with E-state index in [9.17, 15) is 9.59 Å². The third-order valence-electron chi connectivity index (χ3n) is 3.60. The molecule has 2 aromatic carbocycles. The van der Waals surface area contributed by atoms with Gasteiger partial charge in [-0.3, -0.25) is 9.59 Å². The molecule has 5 nitrogen and oxygen atoms in total. The number of para-hydroxylation sites is 3. The number of benzene rings is 2. The molecule has 0 unspecified atom stereocenters. The molecule has 1 saturated heterocycles. The standard InChI is InChI=1S/C17H16N2O3S/c1-11-7-3-5-9-13(11)19-16(20)15(23-17(19)21)18-12-8-4-6-10-14(12)22-2/h3-10,15,18H,1-2H3/t15-/m1/s1. The molecule has 23 heavy (non-hydrogen) atoms. The molecule has 1 atom stereocenters. The van der Waals surface area contributed by atoms with Crippen LogP contribution in [0, 0.1) is 6.92 Å². The predicted molar refractivity (Wildman–Crippen MR) is 92.1 cm³/mol. The Morgan fingerprint density at radius 3 is 2.52 bits per heavy atom. The van der Waals surface area contributed by atoms with Crippen molar-refractivity contribution in [2.24, 2.45) is 0 Å². The van der Waals surface area contributed by atoms with Crippen molar-refractivity contribution in [1.82, 2.24) is 0 Å². The van der Waals surface area contributed by atoms with Gasteiger partial charge < -0.3 is 10.1 Å². The molecule has 1 N–H and O–H groups in total. The van der Waals surface area contributed by atoms with Crippen molar-refractivity contribution in [3.63, 3.8) is 0 Å². The van der Waals surface area contributed by atoms with Gasteiger partial charge in [-0.1, -0.05) is 30.3 Å². The number of amides is 2. The molecule has 1 heterocycles. The molecule has 0 aliphatic carbocycles. The normalized spacial score (nSPS) is 17.5. The molecule has 1 fully saturated rings. The molecule has 0 radical (unpaired) electrons. The van der Waals surface area contributed by atoms with Crippen molar-refractivity contribution in [1.29, 1.82) is 0 Å². The lowest BCUT2D eigenvalue weighted by molar-refractivity contribution is -0.116. The zero-order chi connectivity index (χ0) is 16.4. The number of carbonyl (C=O) groups excluding carboxylic acids is 2. The predicted octanol–water partition coefficient (Wildman–Crippen LogP) is 3.64. The van der Waals surface area contributed by atoms with Crippen LogP contribution in [-0.4, -0.2) is 23.6 Å². The summed E-state index contributed by atoms with van der Waals surface area (Å²) in [5, 5.41) is 2.14. The Bertz CT molecular complexity index is 763. The highest BCUT2D eigenvalue weighted by molar-refractivity contribution is 8.16. The number of aryl methyl sites for hydroxylation is 1. The highest BCUT2D eigenvalue weighted by Crippen LogP contribution is 2.35. The van der Waals surface area contributed by atoms with E-state index in [4.69, 9.17) is 4.74 Å². The molecular formula is C17H16N2O3S. The monoisotopic (exact) mass is 328 g/mol. The van der Waals surface area contributed by atoms with Gasteiger partial charge >= 0.3 is 0 Å². The number of imide groups is 1. The van der Waals surface area contributed by atoms with Crippen LogP contribution >= 0.6 is 11.8 Å². The Morgan fingerprint density at radius 2 is 1.78 bits per heavy atom. The van der Waals surface area contributed by atoms with Crippen molar-refractivity contribution < 1.29 is 14.3 Å². The molecule has 2 amide bonds. The van der Waals surface area contributed by atoms with Crippen LogP contribution in [0.15, 0.2) is 48.5 Å². The van der Waals surface area contributed by atoms with Crippen molar-refractivity contribution in [3.05, 3.63) is 54.1 Å². The maximum absolute atomic E-state index is 12.7. The number of nitrogens with zero attached hydrogens (tertiary/aromatic N) is 1. The zero-order valence-corrected chi connectivity index (χ0v) is 13.6. The number of nitrogens with one attached hydrogen (secondary N) is 1. The van der Waals surface area contributed by atoms with Gasteiger partial charge in [-0.2, -0.15) is 0 Å². The number of methoxy groups -OCH3 is 1. The topological polar surface area (TPSA) is 58.6 Å². The highest BCUT2D eigenvalue weighted by atomic mass is 32.2. The molecule has 3 rings (SSSR count). The number of rotatable bonds is 4. The summed E-state index contributed by atoms with van der Waals surface area (Å²) in [6.07, 6.45) is 0. The summed E-state index contributed by atoms with van der Waals surface area (Å²) in [7, 11) is 1.56. The first-order chi connectivity index (χ1) is 11.1. The maximum Gasteiger partial charge on any atom is 0.295 e. The van der Waals surface area contributed by atoms with Crippen LogP contribution in [0.5, 0.6) is 5.75 Å². The Balaban J connectivity index is 1.86. The maximum atomic E-state index is 12.7. The third kappa shape index (κ3) is 2.90. The number of ether oxygens (including phenoxy) is 1. The largest absolute Gasteiger partial charge is 0.495 e. The van der Waals surface area contributed by atoms with E-state index in [-0.39, 0.29) is 11.1 Å². The van der Waals surface area contributed by atoms with Gasteiger partial charge in [0.15, 0.2) is 5.37 Å². The van der Waals surface area contributed by atoms with E-state index in [0.29, 0.717) is 17.1 Å². The second-order valence-corrected chi connectivity index (χ2v) is 6.12. The van der Waals surface area contributed by atoms with E-state index in [1.165, 1.54) is 4.90 Å². The van der Waals surface area contributed by atoms with E-state index in [1.54, 1.807) is 19.2 Å². The van der Waals surface area contributed by atoms with E-state index >= 15 is 0 Å². The van der Waals surface area contributed by atoms with E-state index < -0.39 is 5.37 Å². The molecule has 0 saturated carbocycles. The van der Waals surface area contributed by atoms with Gasteiger partial charge in [0, 0.05) is 0 Å². The van der Waals surface area contributed by atoms with Crippen molar-refractivity contribution in [2.45, 2.75) is 12.3 Å². The molecule has 0 bridgehead atoms. The van der Waals surface area contributed by atoms with E-state index in [0.717, 1.165) is 17.3 Å². The molecule has 118 valence electrons. The lowest BCUT2D eigenvalue weighted by atomic mass is 10.2. The summed E-state index contributed by atoms with van der Waals surface area (Å²) < 4.78 is 5.27. The van der Waals surface area contributed by atoms with Gasteiger partial charge in [0.2, 0.25) is 0 Å². The van der Waals surface area contributed by atoms with Crippen molar-refractivity contribution in [2.75, 3.05) is 17.3 Å². The number of anilines is 2. The molecule has 1 aliphatic rings. The summed E-state index contributed by atoms with van der Waals surface area (Å²) in [5.74, 6) is 0.350. The smallest absolute Gasteiger partial charge is 0.295 e. The second kappa shape index (κ2) is 6.34. The fourth-order valence-electron chi connectivity index (χ4n) is 2.44. The molecule has 6 heteroatoms. The van der Waals surface area contributed by atoms with Gasteiger partial charge in [0.25, 0.3) is 11.1 Å². The van der Waals surface area contributed by atoms with Crippen molar-refractivity contribution >= 4 is 34.3 Å². The van der Waals surface area contributed by atoms with Crippen LogP contribution in [-0.2, 0) is 4.79 Å². The van der Waals surface area contributed by atoms with Crippen LogP contribution in [0.2, 0.25) is 0 Å². The number of thioether (sulfide) groups is 1. The number of hydrogen-bond acceptors (Lipinski definition) is 5. The fraction of sp³-hybridized carbons (Fsp3) is 0.176. The molecule has 2 aromatic rings. The third-order valence-corrected chi connectivity index (χ3v) is 4.54. The summed E-state index contributed by atoms with van der Waals surface area (Å²) in [6, 6.07) is 14.6. The second-order valence-electron chi connectivity index (χ2n) is 5.07. The Morgan fingerprint density at radius 1 is 1.09 bits per heavy atom. The highest BCUT2D eigenvalue weighted by Gasteiger charge is 2.41. The molecule has 0 aromatic heterocycles. The van der Waals surface area contributed by atoms with Gasteiger partial charge in [-0.15, -0.1) is 0 Å². The fourth-order valence-corrected chi connectivity index (χ4v) is 3.33. The van der Waals surface area contributed by atoms with Crippen LogP contribution in [0.25, 0.3) is 0 Å². The Hall–Kier alpha value is -2.47. The minimum atomic E-state index is -0.668. The zero-order valence-electron chi connectivity index (χ0n) is 12.8. The first-order valence-corrected chi connectivity index (χ1v) is 7.99. The van der Waals surface area contributed by atoms with Crippen LogP contribution < -0.4 is 15.0 Å². The van der Waals surface area contributed by atoms with Gasteiger partial charge in [0.1, 0.15) is 5.75 Å². The quantitative estimate of drug-likeness (QED) is 0.928. The van der Waals surface area contributed by atoms with Gasteiger partial charge in [-0.25, -0.2) is 4.90 Å². The lowest BCUT2D eigenvalue weighted by Crippen LogP contribution is -2.34. The minimum Gasteiger partial charge on any atom is -0.495 e. The van der Waals surface area contributed by atoms with E-state index in [2.05, 4.69) is 5.32 Å². The van der Waals surface area contributed by atoms with Gasteiger partial charge in [0.05, 0.1) is 18.5 Å². The summed E-state index contributed by atoms with van der Waals surface area (Å²) in [4.78, 5) is 26.2. The summed E-state index contributed by atoms with van der Waals surface area (Å²) in [5.41, 5.74) is 2.19. The number of carbonyl (C=O) groups is 2. The molecular weight excluding hydrogens is 312 g/mol. The average Bonchev–Trinajstić information content (AvgIpc) is 2.83. The lowest BCUT2D eigenvalue weighted by Gasteiger charge is -2.17. The molecule has 0 spiro atoms. The first kappa shape index (κ1) is 15.4. The molecule has 1 aliphatic heterocycles. The number of hydrogen-bond donors (Lipinski definition) is 1. The Kier molecular flexibility index (Phi) is 4.25. The average molecular weight is 328 g/mol. The SMILES string of the molecule is COc1ccccc1N[C@@H]1SC(=O)N(c2ccccc2C)C1=O.